The molecule has 3 heteroatoms. The van der Waals surface area contributed by atoms with Gasteiger partial charge in [-0.3, -0.25) is 4.79 Å². The number of rotatable bonds is 6. The molecule has 5 aliphatic carbocycles. The number of ketones is 1. The molecule has 4 saturated carbocycles. The lowest BCUT2D eigenvalue weighted by Gasteiger charge is -2.59. The quantitative estimate of drug-likeness (QED) is 0.220. The highest BCUT2D eigenvalue weighted by Crippen LogP contribution is 2.77. The lowest BCUT2D eigenvalue weighted by Crippen LogP contribution is -2.51. The van der Waals surface area contributed by atoms with Crippen LogP contribution in [0.2, 0.25) is 0 Å². The van der Waals surface area contributed by atoms with Gasteiger partial charge in [0.15, 0.2) is 5.78 Å². The molecule has 6 rings (SSSR count). The summed E-state index contributed by atoms with van der Waals surface area (Å²) < 4.78 is 0. The summed E-state index contributed by atoms with van der Waals surface area (Å²) >= 11 is 0. The molecule has 0 radical (unpaired) electrons. The number of allylic oxidation sites excluding steroid dienone is 4. The third-order valence-corrected chi connectivity index (χ3v) is 13.2. The SMILES string of the molecule is CC(C)=CCCC(C)C1CCC2C3CC=C4C(C)(CCC5C(C(=O)c6cc(N)cc(N)c6)C45C)C3CCC12C. The molecule has 10 unspecified atom stereocenters. The molecule has 0 aliphatic heterocycles. The van der Waals surface area contributed by atoms with Crippen molar-refractivity contribution in [2.24, 2.45) is 57.7 Å². The van der Waals surface area contributed by atoms with E-state index in [9.17, 15) is 4.79 Å². The first-order valence-corrected chi connectivity index (χ1v) is 16.0. The third-order valence-electron chi connectivity index (χ3n) is 13.2. The van der Waals surface area contributed by atoms with Crippen LogP contribution in [0.1, 0.15) is 110 Å². The molecule has 0 saturated heterocycles. The Morgan fingerprint density at radius 2 is 1.67 bits per heavy atom. The van der Waals surface area contributed by atoms with Crippen molar-refractivity contribution in [1.82, 2.24) is 0 Å². The molecule has 4 fully saturated rings. The lowest BCUT2D eigenvalue weighted by molar-refractivity contribution is -0.0535. The van der Waals surface area contributed by atoms with E-state index in [1.807, 2.05) is 12.1 Å². The van der Waals surface area contributed by atoms with Gasteiger partial charge in [-0.15, -0.1) is 0 Å². The van der Waals surface area contributed by atoms with Crippen LogP contribution in [0.4, 0.5) is 11.4 Å². The Labute approximate surface area is 237 Å². The van der Waals surface area contributed by atoms with Crippen molar-refractivity contribution in [3.63, 3.8) is 0 Å². The fraction of sp³-hybridized carbons (Fsp3) is 0.694. The number of nitrogen functional groups attached to an aromatic ring is 2. The summed E-state index contributed by atoms with van der Waals surface area (Å²) in [6.45, 7) is 14.7. The lowest BCUT2D eigenvalue weighted by atomic mass is 9.46. The molecule has 0 bridgehead atoms. The highest BCUT2D eigenvalue weighted by atomic mass is 16.1. The van der Waals surface area contributed by atoms with Gasteiger partial charge in [0.1, 0.15) is 0 Å². The van der Waals surface area contributed by atoms with Crippen LogP contribution in [0.3, 0.4) is 0 Å². The third kappa shape index (κ3) is 3.99. The van der Waals surface area contributed by atoms with E-state index >= 15 is 0 Å². The maximum absolute atomic E-state index is 13.8. The summed E-state index contributed by atoms with van der Waals surface area (Å²) in [6.07, 6.45) is 16.9. The number of carbonyl (C=O) groups is 1. The van der Waals surface area contributed by atoms with Gasteiger partial charge in [-0.1, -0.05) is 51.0 Å². The smallest absolute Gasteiger partial charge is 0.167 e. The molecular weight excluding hydrogens is 476 g/mol. The summed E-state index contributed by atoms with van der Waals surface area (Å²) in [5, 5.41) is 0. The summed E-state index contributed by atoms with van der Waals surface area (Å²) in [4.78, 5) is 13.8. The molecule has 3 nitrogen and oxygen atoms in total. The van der Waals surface area contributed by atoms with Gasteiger partial charge < -0.3 is 11.5 Å². The van der Waals surface area contributed by atoms with Gasteiger partial charge in [-0.05, 0) is 136 Å². The molecule has 39 heavy (non-hydrogen) atoms. The predicted octanol–water partition coefficient (Wildman–Crippen LogP) is 8.86. The number of anilines is 2. The fourth-order valence-corrected chi connectivity index (χ4v) is 11.4. The Bertz CT molecular complexity index is 1200. The Hall–Kier alpha value is -2.03. The van der Waals surface area contributed by atoms with E-state index in [2.05, 4.69) is 53.7 Å². The van der Waals surface area contributed by atoms with Crippen LogP contribution >= 0.6 is 0 Å². The first-order valence-electron chi connectivity index (χ1n) is 16.0. The van der Waals surface area contributed by atoms with E-state index in [4.69, 9.17) is 11.5 Å². The fourth-order valence-electron chi connectivity index (χ4n) is 11.4. The van der Waals surface area contributed by atoms with Gasteiger partial charge >= 0.3 is 0 Å². The van der Waals surface area contributed by atoms with E-state index in [0.717, 1.165) is 29.6 Å². The van der Waals surface area contributed by atoms with E-state index in [0.29, 0.717) is 28.3 Å². The molecular formula is C36H52N2O. The molecule has 10 atom stereocenters. The second-order valence-electron chi connectivity index (χ2n) is 15.4. The van der Waals surface area contributed by atoms with Gasteiger partial charge in [0.2, 0.25) is 0 Å². The van der Waals surface area contributed by atoms with E-state index in [-0.39, 0.29) is 22.5 Å². The van der Waals surface area contributed by atoms with E-state index in [1.165, 1.54) is 63.4 Å². The zero-order valence-corrected chi connectivity index (χ0v) is 25.4. The molecule has 0 amide bonds. The molecule has 0 aromatic heterocycles. The summed E-state index contributed by atoms with van der Waals surface area (Å²) in [5.41, 5.74) is 17.9. The number of carbonyl (C=O) groups excluding carboxylic acids is 1. The molecule has 1 aromatic rings. The summed E-state index contributed by atoms with van der Waals surface area (Å²) in [6, 6.07) is 5.40. The topological polar surface area (TPSA) is 69.1 Å². The van der Waals surface area contributed by atoms with Crippen LogP contribution in [0.5, 0.6) is 0 Å². The number of Topliss-reactive ketones (excluding diaryl/α,β-unsaturated/α-hetero) is 1. The number of hydrogen-bond acceptors (Lipinski definition) is 3. The van der Waals surface area contributed by atoms with Crippen LogP contribution in [0.15, 0.2) is 41.5 Å². The largest absolute Gasteiger partial charge is 0.399 e. The van der Waals surface area contributed by atoms with Crippen molar-refractivity contribution in [2.75, 3.05) is 11.5 Å². The predicted molar refractivity (Wildman–Crippen MR) is 163 cm³/mol. The molecule has 0 spiro atoms. The maximum atomic E-state index is 13.8. The first kappa shape index (κ1) is 27.2. The van der Waals surface area contributed by atoms with Crippen molar-refractivity contribution in [2.45, 2.75) is 99.3 Å². The van der Waals surface area contributed by atoms with Crippen molar-refractivity contribution >= 4 is 17.2 Å². The van der Waals surface area contributed by atoms with Crippen LogP contribution in [-0.2, 0) is 0 Å². The second-order valence-corrected chi connectivity index (χ2v) is 15.4. The summed E-state index contributed by atoms with van der Waals surface area (Å²) in [5.74, 6) is 4.93. The van der Waals surface area contributed by atoms with Crippen molar-refractivity contribution < 1.29 is 4.79 Å². The van der Waals surface area contributed by atoms with Crippen LogP contribution in [0, 0.1) is 57.7 Å². The zero-order valence-electron chi connectivity index (χ0n) is 25.4. The molecule has 1 aromatic carbocycles. The van der Waals surface area contributed by atoms with Crippen LogP contribution < -0.4 is 11.5 Å². The van der Waals surface area contributed by atoms with Gasteiger partial charge in [0.05, 0.1) is 0 Å². The minimum Gasteiger partial charge on any atom is -0.399 e. The van der Waals surface area contributed by atoms with Crippen LogP contribution in [-0.4, -0.2) is 5.78 Å². The molecule has 0 heterocycles. The van der Waals surface area contributed by atoms with E-state index < -0.39 is 0 Å². The monoisotopic (exact) mass is 528 g/mol. The Morgan fingerprint density at radius 1 is 0.974 bits per heavy atom. The normalized spacial score (nSPS) is 42.8. The number of nitrogens with two attached hydrogens (primary N) is 2. The highest BCUT2D eigenvalue weighted by molar-refractivity contribution is 6.02. The maximum Gasteiger partial charge on any atom is 0.167 e. The Kier molecular flexibility index (Phi) is 6.44. The van der Waals surface area contributed by atoms with Gasteiger partial charge in [-0.2, -0.15) is 0 Å². The molecule has 4 N–H and O–H groups in total. The van der Waals surface area contributed by atoms with Gasteiger partial charge in [0.25, 0.3) is 0 Å². The van der Waals surface area contributed by atoms with Crippen LogP contribution in [0.25, 0.3) is 0 Å². The second kappa shape index (κ2) is 9.25. The number of fused-ring (bicyclic) bond motifs is 7. The first-order chi connectivity index (χ1) is 18.4. The van der Waals surface area contributed by atoms with Gasteiger partial charge in [0, 0.05) is 28.3 Å². The molecule has 212 valence electrons. The van der Waals surface area contributed by atoms with E-state index in [1.54, 1.807) is 11.6 Å². The Balaban J connectivity index is 1.24. The minimum atomic E-state index is 0.00677. The van der Waals surface area contributed by atoms with Crippen molar-refractivity contribution in [3.05, 3.63) is 47.1 Å². The average Bonchev–Trinajstić information content (AvgIpc) is 3.31. The Morgan fingerprint density at radius 3 is 2.36 bits per heavy atom. The summed E-state index contributed by atoms with van der Waals surface area (Å²) in [7, 11) is 0. The standard InChI is InChI=1S/C36H52N2O/c1-21(2)8-7-9-22(3)27-11-12-28-26-10-13-31-35(5,29(26)14-16-34(27,28)4)17-15-30-32(36(30,31)6)33(39)23-18-24(37)20-25(38)19-23/h8,13,18-20,22,26-30,32H,7,9-12,14-17,37-38H2,1-6H3. The zero-order chi connectivity index (χ0) is 27.9. The van der Waals surface area contributed by atoms with Gasteiger partial charge in [-0.25, -0.2) is 0 Å². The molecule has 5 aliphatic rings. The highest BCUT2D eigenvalue weighted by Gasteiger charge is 2.72. The minimum absolute atomic E-state index is 0.00677. The van der Waals surface area contributed by atoms with Crippen molar-refractivity contribution in [1.29, 1.82) is 0 Å². The number of benzene rings is 1. The average molecular weight is 529 g/mol. The number of hydrogen-bond donors (Lipinski definition) is 2. The van der Waals surface area contributed by atoms with Crippen molar-refractivity contribution in [3.8, 4) is 0 Å².